The Hall–Kier alpha value is -3.72. The highest BCUT2D eigenvalue weighted by atomic mass is 32.2. The molecule has 9 heteroatoms. The van der Waals surface area contributed by atoms with Crippen LogP contribution in [0.5, 0.6) is 17.2 Å². The van der Waals surface area contributed by atoms with Crippen LogP contribution in [0, 0.1) is 0 Å². The maximum absolute atomic E-state index is 13.3. The van der Waals surface area contributed by atoms with Gasteiger partial charge in [-0.1, -0.05) is 30.3 Å². The van der Waals surface area contributed by atoms with Crippen LogP contribution in [0.15, 0.2) is 66.7 Å². The van der Waals surface area contributed by atoms with E-state index in [9.17, 15) is 13.2 Å². The van der Waals surface area contributed by atoms with E-state index in [-0.39, 0.29) is 17.8 Å². The molecule has 3 aromatic carbocycles. The summed E-state index contributed by atoms with van der Waals surface area (Å²) in [5.74, 6) is 0.744. The molecule has 0 aromatic heterocycles. The first-order chi connectivity index (χ1) is 15.8. The molecule has 1 N–H and O–H groups in total. The van der Waals surface area contributed by atoms with E-state index in [1.165, 1.54) is 30.7 Å². The van der Waals surface area contributed by atoms with Gasteiger partial charge in [0.15, 0.2) is 11.5 Å². The SMILES string of the molecule is COc1ccc(NC(=O)c2cc(OC)c(OC)cc2N(Cc2ccccc2)S(C)(=O)=O)cc1. The monoisotopic (exact) mass is 470 g/mol. The molecule has 0 saturated carbocycles. The van der Waals surface area contributed by atoms with Crippen LogP contribution in [0.4, 0.5) is 11.4 Å². The molecule has 33 heavy (non-hydrogen) atoms. The van der Waals surface area contributed by atoms with Crippen molar-refractivity contribution < 1.29 is 27.4 Å². The third-order valence-electron chi connectivity index (χ3n) is 4.93. The highest BCUT2D eigenvalue weighted by molar-refractivity contribution is 7.92. The smallest absolute Gasteiger partial charge is 0.257 e. The Kier molecular flexibility index (Phi) is 7.44. The number of amides is 1. The van der Waals surface area contributed by atoms with E-state index in [2.05, 4.69) is 5.32 Å². The number of ether oxygens (including phenoxy) is 3. The Labute approximate surface area is 193 Å². The lowest BCUT2D eigenvalue weighted by Gasteiger charge is -2.26. The Morgan fingerprint density at radius 3 is 2.03 bits per heavy atom. The highest BCUT2D eigenvalue weighted by Gasteiger charge is 2.26. The highest BCUT2D eigenvalue weighted by Crippen LogP contribution is 2.37. The number of anilines is 2. The second-order valence-corrected chi connectivity index (χ2v) is 9.07. The van der Waals surface area contributed by atoms with Crippen molar-refractivity contribution >= 4 is 27.3 Å². The van der Waals surface area contributed by atoms with Crippen LogP contribution in [0.25, 0.3) is 0 Å². The van der Waals surface area contributed by atoms with Gasteiger partial charge >= 0.3 is 0 Å². The lowest BCUT2D eigenvalue weighted by Crippen LogP contribution is -2.31. The number of hydrogen-bond acceptors (Lipinski definition) is 6. The summed E-state index contributed by atoms with van der Waals surface area (Å²) in [7, 11) is 0.684. The van der Waals surface area contributed by atoms with Crippen LogP contribution in [0.1, 0.15) is 15.9 Å². The minimum absolute atomic E-state index is 0.0397. The van der Waals surface area contributed by atoms with E-state index in [0.29, 0.717) is 22.9 Å². The molecule has 8 nitrogen and oxygen atoms in total. The normalized spacial score (nSPS) is 10.9. The molecule has 0 unspecified atom stereocenters. The number of carbonyl (C=O) groups is 1. The van der Waals surface area contributed by atoms with Gasteiger partial charge in [-0.15, -0.1) is 0 Å². The van der Waals surface area contributed by atoms with Gasteiger partial charge in [-0.3, -0.25) is 9.10 Å². The molecule has 1 amide bonds. The molecule has 3 rings (SSSR count). The fourth-order valence-corrected chi connectivity index (χ4v) is 4.15. The maximum Gasteiger partial charge on any atom is 0.257 e. The molecule has 0 aliphatic carbocycles. The van der Waals surface area contributed by atoms with Crippen molar-refractivity contribution in [3.63, 3.8) is 0 Å². The van der Waals surface area contributed by atoms with Crippen LogP contribution in [0.3, 0.4) is 0 Å². The first-order valence-corrected chi connectivity index (χ1v) is 11.8. The van der Waals surface area contributed by atoms with Gasteiger partial charge in [0.25, 0.3) is 5.91 Å². The number of methoxy groups -OCH3 is 3. The van der Waals surface area contributed by atoms with Crippen LogP contribution < -0.4 is 23.8 Å². The molecule has 0 aliphatic rings. The topological polar surface area (TPSA) is 94.2 Å². The Balaban J connectivity index is 2.10. The molecule has 0 radical (unpaired) electrons. The van der Waals surface area contributed by atoms with Gasteiger partial charge in [-0.2, -0.15) is 0 Å². The zero-order valence-corrected chi connectivity index (χ0v) is 19.7. The Morgan fingerprint density at radius 2 is 1.48 bits per heavy atom. The van der Waals surface area contributed by atoms with Gasteiger partial charge in [0.05, 0.1) is 45.4 Å². The molecule has 0 bridgehead atoms. The van der Waals surface area contributed by atoms with Crippen molar-refractivity contribution in [3.05, 3.63) is 77.9 Å². The summed E-state index contributed by atoms with van der Waals surface area (Å²) < 4.78 is 42.7. The molecule has 0 aliphatic heterocycles. The minimum Gasteiger partial charge on any atom is -0.497 e. The third-order valence-corrected chi connectivity index (χ3v) is 6.06. The zero-order valence-electron chi connectivity index (χ0n) is 18.9. The number of sulfonamides is 1. The summed E-state index contributed by atoms with van der Waals surface area (Å²) in [6.07, 6.45) is 1.10. The molecule has 0 heterocycles. The van der Waals surface area contributed by atoms with Crippen molar-refractivity contribution in [2.24, 2.45) is 0 Å². The summed E-state index contributed by atoms with van der Waals surface area (Å²) in [4.78, 5) is 13.3. The zero-order chi connectivity index (χ0) is 24.0. The number of rotatable bonds is 9. The van der Waals surface area contributed by atoms with Gasteiger partial charge in [0.2, 0.25) is 10.0 Å². The Morgan fingerprint density at radius 1 is 0.879 bits per heavy atom. The van der Waals surface area contributed by atoms with Crippen molar-refractivity contribution in [3.8, 4) is 17.2 Å². The van der Waals surface area contributed by atoms with Gasteiger partial charge in [0.1, 0.15) is 5.75 Å². The molecule has 0 spiro atoms. The summed E-state index contributed by atoms with van der Waals surface area (Å²) in [6, 6.07) is 18.9. The number of nitrogens with zero attached hydrogens (tertiary/aromatic N) is 1. The predicted molar refractivity (Wildman–Crippen MR) is 128 cm³/mol. The molecular formula is C24H26N2O6S. The van der Waals surface area contributed by atoms with Crippen LogP contribution in [0.2, 0.25) is 0 Å². The van der Waals surface area contributed by atoms with Gasteiger partial charge in [-0.25, -0.2) is 8.42 Å². The summed E-state index contributed by atoms with van der Waals surface area (Å²) in [6.45, 7) is 0.0397. The average molecular weight is 471 g/mol. The van der Waals surface area contributed by atoms with Gasteiger partial charge < -0.3 is 19.5 Å². The number of nitrogens with one attached hydrogen (secondary N) is 1. The summed E-state index contributed by atoms with van der Waals surface area (Å²) in [5, 5.41) is 2.80. The third kappa shape index (κ3) is 5.75. The van der Waals surface area contributed by atoms with Gasteiger partial charge in [-0.05, 0) is 35.9 Å². The van der Waals surface area contributed by atoms with E-state index < -0.39 is 15.9 Å². The standard InChI is InChI=1S/C24H26N2O6S/c1-30-19-12-10-18(11-13-19)25-24(27)20-14-22(31-2)23(32-3)15-21(20)26(33(4,28)29)16-17-8-6-5-7-9-17/h5-15H,16H2,1-4H3,(H,25,27). The van der Waals surface area contributed by atoms with E-state index in [1.807, 2.05) is 30.3 Å². The lowest BCUT2D eigenvalue weighted by molar-refractivity contribution is 0.102. The number of benzene rings is 3. The quantitative estimate of drug-likeness (QED) is 0.509. The fraction of sp³-hybridized carbons (Fsp3) is 0.208. The van der Waals surface area contributed by atoms with Crippen molar-refractivity contribution in [2.45, 2.75) is 6.54 Å². The molecule has 0 atom stereocenters. The van der Waals surface area contributed by atoms with E-state index in [1.54, 1.807) is 31.4 Å². The molecular weight excluding hydrogens is 444 g/mol. The summed E-state index contributed by atoms with van der Waals surface area (Å²) >= 11 is 0. The van der Waals surface area contributed by atoms with Gasteiger partial charge in [0, 0.05) is 11.8 Å². The maximum atomic E-state index is 13.3. The molecule has 0 fully saturated rings. The van der Waals surface area contributed by atoms with Crippen molar-refractivity contribution in [2.75, 3.05) is 37.2 Å². The van der Waals surface area contributed by atoms with Crippen molar-refractivity contribution in [1.82, 2.24) is 0 Å². The second kappa shape index (κ2) is 10.3. The fourth-order valence-electron chi connectivity index (χ4n) is 3.26. The number of carbonyl (C=O) groups excluding carboxylic acids is 1. The second-order valence-electron chi connectivity index (χ2n) is 7.16. The average Bonchev–Trinajstić information content (AvgIpc) is 2.82. The summed E-state index contributed by atoms with van der Waals surface area (Å²) in [5.41, 5.74) is 1.57. The van der Waals surface area contributed by atoms with Crippen LogP contribution in [-0.2, 0) is 16.6 Å². The van der Waals surface area contributed by atoms with E-state index in [0.717, 1.165) is 11.8 Å². The van der Waals surface area contributed by atoms with Crippen molar-refractivity contribution in [1.29, 1.82) is 0 Å². The lowest BCUT2D eigenvalue weighted by atomic mass is 10.1. The van der Waals surface area contributed by atoms with Crippen LogP contribution >= 0.6 is 0 Å². The number of hydrogen-bond donors (Lipinski definition) is 1. The Bertz CT molecular complexity index is 1210. The minimum atomic E-state index is -3.76. The first-order valence-electron chi connectivity index (χ1n) is 10.00. The van der Waals surface area contributed by atoms with E-state index in [4.69, 9.17) is 14.2 Å². The molecule has 3 aromatic rings. The molecule has 0 saturated heterocycles. The first kappa shape index (κ1) is 23.9. The van der Waals surface area contributed by atoms with E-state index >= 15 is 0 Å². The largest absolute Gasteiger partial charge is 0.497 e. The predicted octanol–water partition coefficient (Wildman–Crippen LogP) is 3.93. The molecule has 174 valence electrons. The van der Waals surface area contributed by atoms with Crippen LogP contribution in [-0.4, -0.2) is 41.9 Å².